The first-order valence-corrected chi connectivity index (χ1v) is 7.94. The van der Waals surface area contributed by atoms with Crippen LogP contribution in [0.3, 0.4) is 0 Å². The van der Waals surface area contributed by atoms with Crippen molar-refractivity contribution in [1.82, 2.24) is 4.90 Å². The number of piperidine rings is 1. The molecular weight excluding hydrogens is 262 g/mol. The molecule has 0 amide bonds. The van der Waals surface area contributed by atoms with Gasteiger partial charge in [0, 0.05) is 26.7 Å². The number of aliphatic hydroxyl groups is 1. The molecule has 21 heavy (non-hydrogen) atoms. The molecule has 3 heteroatoms. The molecule has 1 aliphatic rings. The molecule has 2 rings (SSSR count). The number of benzene rings is 1. The lowest BCUT2D eigenvalue weighted by Gasteiger charge is -2.32. The number of nitrogens with zero attached hydrogens (tertiary/aromatic N) is 1. The van der Waals surface area contributed by atoms with Crippen molar-refractivity contribution in [2.24, 2.45) is 0 Å². The minimum Gasteiger partial charge on any atom is -0.387 e. The number of ether oxygens (including phenoxy) is 1. The van der Waals surface area contributed by atoms with Crippen molar-refractivity contribution in [1.29, 1.82) is 0 Å². The summed E-state index contributed by atoms with van der Waals surface area (Å²) >= 11 is 0. The summed E-state index contributed by atoms with van der Waals surface area (Å²) in [6, 6.07) is 8.39. The zero-order valence-electron chi connectivity index (χ0n) is 13.8. The lowest BCUT2D eigenvalue weighted by atomic mass is 9.86. The highest BCUT2D eigenvalue weighted by Crippen LogP contribution is 2.25. The number of hydrogen-bond acceptors (Lipinski definition) is 3. The van der Waals surface area contributed by atoms with E-state index in [1.807, 2.05) is 0 Å². The molecule has 1 saturated heterocycles. The Labute approximate surface area is 128 Å². The normalized spacial score (nSPS) is 19.7. The number of hydrogen-bond donors (Lipinski definition) is 1. The van der Waals surface area contributed by atoms with Crippen molar-refractivity contribution >= 4 is 0 Å². The predicted octanol–water partition coefficient (Wildman–Crippen LogP) is 3.13. The van der Waals surface area contributed by atoms with Crippen LogP contribution < -0.4 is 0 Å². The van der Waals surface area contributed by atoms with E-state index in [1.54, 1.807) is 7.11 Å². The monoisotopic (exact) mass is 291 g/mol. The molecule has 1 heterocycles. The van der Waals surface area contributed by atoms with E-state index in [-0.39, 0.29) is 5.41 Å². The second-order valence-corrected chi connectivity index (χ2v) is 7.12. The van der Waals surface area contributed by atoms with E-state index in [4.69, 9.17) is 4.74 Å². The molecule has 1 atom stereocenters. The SMILES string of the molecule is COC1CCN(CC(O)c2ccc(C(C)(C)C)cc2)CC1. The highest BCUT2D eigenvalue weighted by atomic mass is 16.5. The Bertz CT molecular complexity index is 428. The fraction of sp³-hybridized carbons (Fsp3) is 0.667. The summed E-state index contributed by atoms with van der Waals surface area (Å²) < 4.78 is 5.38. The molecular formula is C18H29NO2. The Hall–Kier alpha value is -0.900. The Kier molecular flexibility index (Phi) is 5.42. The van der Waals surface area contributed by atoms with Gasteiger partial charge >= 0.3 is 0 Å². The van der Waals surface area contributed by atoms with Gasteiger partial charge in [-0.05, 0) is 29.4 Å². The molecule has 0 radical (unpaired) electrons. The summed E-state index contributed by atoms with van der Waals surface area (Å²) in [5, 5.41) is 10.4. The summed E-state index contributed by atoms with van der Waals surface area (Å²) in [4.78, 5) is 2.33. The molecule has 3 nitrogen and oxygen atoms in total. The summed E-state index contributed by atoms with van der Waals surface area (Å²) in [5.74, 6) is 0. The van der Waals surface area contributed by atoms with E-state index in [1.165, 1.54) is 5.56 Å². The Balaban J connectivity index is 1.90. The lowest BCUT2D eigenvalue weighted by Crippen LogP contribution is -2.38. The summed E-state index contributed by atoms with van der Waals surface area (Å²) in [7, 11) is 1.78. The molecule has 1 fully saturated rings. The molecule has 0 aromatic heterocycles. The number of aliphatic hydroxyl groups excluding tert-OH is 1. The second-order valence-electron chi connectivity index (χ2n) is 7.12. The first kappa shape index (κ1) is 16.5. The third-order valence-corrected chi connectivity index (χ3v) is 4.46. The fourth-order valence-corrected chi connectivity index (χ4v) is 2.88. The zero-order valence-corrected chi connectivity index (χ0v) is 13.8. The molecule has 1 unspecified atom stereocenters. The molecule has 0 spiro atoms. The van der Waals surface area contributed by atoms with Crippen LogP contribution >= 0.6 is 0 Å². The molecule has 0 bridgehead atoms. The van der Waals surface area contributed by atoms with Crippen molar-refractivity contribution in [2.45, 2.75) is 51.2 Å². The van der Waals surface area contributed by atoms with E-state index >= 15 is 0 Å². The maximum Gasteiger partial charge on any atom is 0.0916 e. The van der Waals surface area contributed by atoms with Gasteiger partial charge in [0.1, 0.15) is 0 Å². The van der Waals surface area contributed by atoms with Crippen molar-refractivity contribution in [3.05, 3.63) is 35.4 Å². The lowest BCUT2D eigenvalue weighted by molar-refractivity contribution is 0.0242. The fourth-order valence-electron chi connectivity index (χ4n) is 2.88. The van der Waals surface area contributed by atoms with Crippen LogP contribution in [0, 0.1) is 0 Å². The van der Waals surface area contributed by atoms with Gasteiger partial charge in [-0.25, -0.2) is 0 Å². The van der Waals surface area contributed by atoms with Crippen molar-refractivity contribution in [3.63, 3.8) is 0 Å². The average Bonchev–Trinajstić information content (AvgIpc) is 2.47. The van der Waals surface area contributed by atoms with Crippen LogP contribution in [-0.2, 0) is 10.2 Å². The first-order valence-electron chi connectivity index (χ1n) is 7.94. The van der Waals surface area contributed by atoms with Crippen LogP contribution in [-0.4, -0.2) is 42.9 Å². The van der Waals surface area contributed by atoms with E-state index in [9.17, 15) is 5.11 Å². The Morgan fingerprint density at radius 2 is 1.76 bits per heavy atom. The van der Waals surface area contributed by atoms with Gasteiger partial charge in [-0.3, -0.25) is 0 Å². The second kappa shape index (κ2) is 6.91. The van der Waals surface area contributed by atoms with Gasteiger partial charge in [0.05, 0.1) is 12.2 Å². The largest absolute Gasteiger partial charge is 0.387 e. The highest BCUT2D eigenvalue weighted by molar-refractivity contribution is 5.28. The summed E-state index contributed by atoms with van der Waals surface area (Å²) in [5.41, 5.74) is 2.47. The predicted molar refractivity (Wildman–Crippen MR) is 86.6 cm³/mol. The first-order chi connectivity index (χ1) is 9.90. The van der Waals surface area contributed by atoms with Crippen LogP contribution in [0.25, 0.3) is 0 Å². The van der Waals surface area contributed by atoms with Crippen LogP contribution in [0.5, 0.6) is 0 Å². The van der Waals surface area contributed by atoms with E-state index in [0.29, 0.717) is 12.6 Å². The highest BCUT2D eigenvalue weighted by Gasteiger charge is 2.21. The van der Waals surface area contributed by atoms with Gasteiger partial charge in [-0.1, -0.05) is 45.0 Å². The number of β-amino-alcohol motifs (C(OH)–C–C–N with tert-alkyl or cyclic N) is 1. The van der Waals surface area contributed by atoms with E-state index in [0.717, 1.165) is 31.5 Å². The number of rotatable bonds is 4. The smallest absolute Gasteiger partial charge is 0.0916 e. The average molecular weight is 291 g/mol. The quantitative estimate of drug-likeness (QED) is 0.925. The van der Waals surface area contributed by atoms with Gasteiger partial charge in [0.25, 0.3) is 0 Å². The minimum absolute atomic E-state index is 0.158. The van der Waals surface area contributed by atoms with Crippen LogP contribution in [0.1, 0.15) is 50.8 Å². The van der Waals surface area contributed by atoms with Crippen molar-refractivity contribution in [3.8, 4) is 0 Å². The van der Waals surface area contributed by atoms with Crippen molar-refractivity contribution in [2.75, 3.05) is 26.7 Å². The third kappa shape index (κ3) is 4.53. The third-order valence-electron chi connectivity index (χ3n) is 4.46. The van der Waals surface area contributed by atoms with Gasteiger partial charge < -0.3 is 14.7 Å². The van der Waals surface area contributed by atoms with E-state index < -0.39 is 6.10 Å². The van der Waals surface area contributed by atoms with Gasteiger partial charge in [0.2, 0.25) is 0 Å². The maximum atomic E-state index is 10.4. The number of methoxy groups -OCH3 is 1. The molecule has 1 aliphatic heterocycles. The van der Waals surface area contributed by atoms with Crippen LogP contribution in [0.15, 0.2) is 24.3 Å². The van der Waals surface area contributed by atoms with Crippen LogP contribution in [0.2, 0.25) is 0 Å². The topological polar surface area (TPSA) is 32.7 Å². The molecule has 1 aromatic rings. The summed E-state index contributed by atoms with van der Waals surface area (Å²) in [6.07, 6.45) is 2.11. The Morgan fingerprint density at radius 1 is 1.19 bits per heavy atom. The summed E-state index contributed by atoms with van der Waals surface area (Å²) in [6.45, 7) is 9.35. The van der Waals surface area contributed by atoms with Crippen molar-refractivity contribution < 1.29 is 9.84 Å². The molecule has 1 aromatic carbocycles. The molecule has 118 valence electrons. The van der Waals surface area contributed by atoms with Gasteiger partial charge in [-0.15, -0.1) is 0 Å². The molecule has 0 saturated carbocycles. The number of likely N-dealkylation sites (tertiary alicyclic amines) is 1. The minimum atomic E-state index is -0.405. The van der Waals surface area contributed by atoms with E-state index in [2.05, 4.69) is 49.9 Å². The maximum absolute atomic E-state index is 10.4. The zero-order chi connectivity index (χ0) is 15.5. The Morgan fingerprint density at radius 3 is 2.24 bits per heavy atom. The molecule has 1 N–H and O–H groups in total. The van der Waals surface area contributed by atoms with Gasteiger partial charge in [0.15, 0.2) is 0 Å². The van der Waals surface area contributed by atoms with Crippen LogP contribution in [0.4, 0.5) is 0 Å². The standard InChI is InChI=1S/C18H29NO2/c1-18(2,3)15-7-5-14(6-8-15)17(20)13-19-11-9-16(21-4)10-12-19/h5-8,16-17,20H,9-13H2,1-4H3. The van der Waals surface area contributed by atoms with Gasteiger partial charge in [-0.2, -0.15) is 0 Å². The molecule has 0 aliphatic carbocycles.